The van der Waals surface area contributed by atoms with Crippen molar-refractivity contribution in [3.8, 4) is 5.82 Å². The molecule has 0 unspecified atom stereocenters. The van der Waals surface area contributed by atoms with Crippen LogP contribution in [-0.2, 0) is 4.74 Å². The van der Waals surface area contributed by atoms with E-state index in [1.807, 2.05) is 24.3 Å². The minimum Gasteiger partial charge on any atom is -0.462 e. The van der Waals surface area contributed by atoms with Crippen molar-refractivity contribution in [1.82, 2.24) is 20.0 Å². The number of nitrogens with zero attached hydrogens (tertiary/aromatic N) is 4. The summed E-state index contributed by atoms with van der Waals surface area (Å²) in [7, 11) is 0. The Bertz CT molecular complexity index is 761. The van der Waals surface area contributed by atoms with Crippen LogP contribution in [0, 0.1) is 0 Å². The molecule has 0 saturated carbocycles. The molecule has 0 N–H and O–H groups in total. The molecule has 20 heavy (non-hydrogen) atoms. The zero-order valence-electron chi connectivity index (χ0n) is 10.9. The Labute approximate surface area is 115 Å². The van der Waals surface area contributed by atoms with Crippen LogP contribution in [-0.4, -0.2) is 32.6 Å². The molecule has 0 aliphatic rings. The fourth-order valence-corrected chi connectivity index (χ4v) is 1.94. The summed E-state index contributed by atoms with van der Waals surface area (Å²) in [5.41, 5.74) is 0.390. The van der Waals surface area contributed by atoms with Crippen LogP contribution in [0.25, 0.3) is 16.6 Å². The lowest BCUT2D eigenvalue weighted by atomic mass is 10.2. The number of aromatic nitrogens is 4. The SMILES string of the molecule is CCOC(=O)c1cnn(-c2nncc3ccccc23)c1. The molecule has 2 aromatic heterocycles. The summed E-state index contributed by atoms with van der Waals surface area (Å²) < 4.78 is 6.47. The number of fused-ring (bicyclic) bond motifs is 1. The van der Waals surface area contributed by atoms with Gasteiger partial charge in [-0.3, -0.25) is 0 Å². The summed E-state index contributed by atoms with van der Waals surface area (Å²) in [4.78, 5) is 11.6. The summed E-state index contributed by atoms with van der Waals surface area (Å²) in [6.45, 7) is 2.09. The zero-order chi connectivity index (χ0) is 13.9. The average Bonchev–Trinajstić information content (AvgIpc) is 2.97. The van der Waals surface area contributed by atoms with Gasteiger partial charge in [-0.15, -0.1) is 5.10 Å². The molecule has 0 fully saturated rings. The predicted octanol–water partition coefficient (Wildman–Crippen LogP) is 1.99. The van der Waals surface area contributed by atoms with E-state index in [1.54, 1.807) is 19.3 Å². The van der Waals surface area contributed by atoms with Crippen LogP contribution in [0.1, 0.15) is 17.3 Å². The monoisotopic (exact) mass is 268 g/mol. The zero-order valence-corrected chi connectivity index (χ0v) is 10.9. The molecule has 0 saturated heterocycles. The number of hydrogen-bond donors (Lipinski definition) is 0. The van der Waals surface area contributed by atoms with Crippen LogP contribution < -0.4 is 0 Å². The Morgan fingerprint density at radius 1 is 1.30 bits per heavy atom. The normalized spacial score (nSPS) is 10.7. The first-order valence-electron chi connectivity index (χ1n) is 6.22. The van der Waals surface area contributed by atoms with E-state index in [9.17, 15) is 4.79 Å². The maximum atomic E-state index is 11.6. The second kappa shape index (κ2) is 5.08. The van der Waals surface area contributed by atoms with Crippen molar-refractivity contribution < 1.29 is 9.53 Å². The van der Waals surface area contributed by atoms with E-state index in [1.165, 1.54) is 10.9 Å². The van der Waals surface area contributed by atoms with Crippen molar-refractivity contribution >= 4 is 16.7 Å². The maximum absolute atomic E-state index is 11.6. The van der Waals surface area contributed by atoms with Crippen molar-refractivity contribution in [2.24, 2.45) is 0 Å². The molecular formula is C14H12N4O2. The molecule has 0 atom stereocenters. The number of hydrogen-bond acceptors (Lipinski definition) is 5. The number of esters is 1. The lowest BCUT2D eigenvalue weighted by molar-refractivity contribution is 0.0526. The van der Waals surface area contributed by atoms with Gasteiger partial charge in [-0.25, -0.2) is 9.48 Å². The first-order chi connectivity index (χ1) is 9.79. The van der Waals surface area contributed by atoms with Gasteiger partial charge in [0.1, 0.15) is 0 Å². The number of carbonyl (C=O) groups excluding carboxylic acids is 1. The van der Waals surface area contributed by atoms with E-state index in [0.717, 1.165) is 10.8 Å². The number of carbonyl (C=O) groups is 1. The van der Waals surface area contributed by atoms with Gasteiger partial charge >= 0.3 is 5.97 Å². The van der Waals surface area contributed by atoms with Crippen molar-refractivity contribution in [2.45, 2.75) is 6.92 Å². The van der Waals surface area contributed by atoms with Crippen LogP contribution in [0.4, 0.5) is 0 Å². The van der Waals surface area contributed by atoms with E-state index in [2.05, 4.69) is 15.3 Å². The summed E-state index contributed by atoms with van der Waals surface area (Å²) >= 11 is 0. The second-order valence-electron chi connectivity index (χ2n) is 4.15. The molecular weight excluding hydrogens is 256 g/mol. The van der Waals surface area contributed by atoms with Gasteiger partial charge in [-0.05, 0) is 6.92 Å². The highest BCUT2D eigenvalue weighted by Crippen LogP contribution is 2.18. The van der Waals surface area contributed by atoms with Crippen LogP contribution in [0.2, 0.25) is 0 Å². The Kier molecular flexibility index (Phi) is 3.12. The third-order valence-electron chi connectivity index (χ3n) is 2.86. The fourth-order valence-electron chi connectivity index (χ4n) is 1.94. The highest BCUT2D eigenvalue weighted by molar-refractivity contribution is 5.90. The molecule has 0 radical (unpaired) electrons. The first kappa shape index (κ1) is 12.3. The van der Waals surface area contributed by atoms with Crippen molar-refractivity contribution in [3.63, 3.8) is 0 Å². The molecule has 1 aromatic carbocycles. The van der Waals surface area contributed by atoms with Gasteiger partial charge in [0.25, 0.3) is 0 Å². The number of ether oxygens (including phenoxy) is 1. The highest BCUT2D eigenvalue weighted by atomic mass is 16.5. The van der Waals surface area contributed by atoms with Gasteiger partial charge in [-0.2, -0.15) is 10.2 Å². The van der Waals surface area contributed by atoms with Crippen LogP contribution in [0.5, 0.6) is 0 Å². The second-order valence-corrected chi connectivity index (χ2v) is 4.15. The summed E-state index contributed by atoms with van der Waals surface area (Å²) in [6.07, 6.45) is 4.74. The average molecular weight is 268 g/mol. The van der Waals surface area contributed by atoms with Gasteiger partial charge < -0.3 is 4.74 Å². The summed E-state index contributed by atoms with van der Waals surface area (Å²) in [5.74, 6) is 0.186. The smallest absolute Gasteiger partial charge is 0.341 e. The van der Waals surface area contributed by atoms with Crippen molar-refractivity contribution in [2.75, 3.05) is 6.61 Å². The molecule has 0 amide bonds. The standard InChI is InChI=1S/C14H12N4O2/c1-2-20-14(19)11-8-16-18(9-11)13-12-6-4-3-5-10(12)7-15-17-13/h3-9H,2H2,1H3. The molecule has 6 nitrogen and oxygen atoms in total. The lowest BCUT2D eigenvalue weighted by Crippen LogP contribution is -2.04. The molecule has 0 bridgehead atoms. The lowest BCUT2D eigenvalue weighted by Gasteiger charge is -2.03. The maximum Gasteiger partial charge on any atom is 0.341 e. The Morgan fingerprint density at radius 2 is 2.15 bits per heavy atom. The van der Waals surface area contributed by atoms with Gasteiger partial charge in [0.15, 0.2) is 5.82 Å². The summed E-state index contributed by atoms with van der Waals surface area (Å²) in [6, 6.07) is 7.73. The van der Waals surface area contributed by atoms with E-state index in [-0.39, 0.29) is 0 Å². The quantitative estimate of drug-likeness (QED) is 0.679. The van der Waals surface area contributed by atoms with Gasteiger partial charge in [0.05, 0.1) is 24.6 Å². The van der Waals surface area contributed by atoms with Gasteiger partial charge in [0, 0.05) is 17.0 Å². The van der Waals surface area contributed by atoms with E-state index in [0.29, 0.717) is 18.0 Å². The summed E-state index contributed by atoms with van der Waals surface area (Å²) in [5, 5.41) is 14.1. The van der Waals surface area contributed by atoms with E-state index < -0.39 is 5.97 Å². The largest absolute Gasteiger partial charge is 0.462 e. The van der Waals surface area contributed by atoms with Gasteiger partial charge in [-0.1, -0.05) is 24.3 Å². The Morgan fingerprint density at radius 3 is 3.00 bits per heavy atom. The Balaban J connectivity index is 2.06. The molecule has 3 rings (SSSR count). The fraction of sp³-hybridized carbons (Fsp3) is 0.143. The predicted molar refractivity (Wildman–Crippen MR) is 72.6 cm³/mol. The minimum absolute atomic E-state index is 0.331. The third-order valence-corrected chi connectivity index (χ3v) is 2.86. The molecule has 0 aliphatic carbocycles. The topological polar surface area (TPSA) is 69.9 Å². The van der Waals surface area contributed by atoms with Crippen molar-refractivity contribution in [1.29, 1.82) is 0 Å². The molecule has 0 aliphatic heterocycles. The molecule has 2 heterocycles. The van der Waals surface area contributed by atoms with Crippen LogP contribution >= 0.6 is 0 Å². The first-order valence-corrected chi connectivity index (χ1v) is 6.22. The minimum atomic E-state index is -0.396. The molecule has 100 valence electrons. The number of benzene rings is 1. The van der Waals surface area contributed by atoms with Crippen molar-refractivity contribution in [3.05, 3.63) is 48.4 Å². The molecule has 6 heteroatoms. The van der Waals surface area contributed by atoms with Crippen LogP contribution in [0.3, 0.4) is 0 Å². The molecule has 0 spiro atoms. The Hall–Kier alpha value is -2.76. The van der Waals surface area contributed by atoms with E-state index in [4.69, 9.17) is 4.74 Å². The third kappa shape index (κ3) is 2.11. The highest BCUT2D eigenvalue weighted by Gasteiger charge is 2.12. The van der Waals surface area contributed by atoms with Gasteiger partial charge in [0.2, 0.25) is 0 Å². The van der Waals surface area contributed by atoms with Crippen LogP contribution in [0.15, 0.2) is 42.9 Å². The molecule has 3 aromatic rings. The number of rotatable bonds is 3. The van der Waals surface area contributed by atoms with E-state index >= 15 is 0 Å².